The minimum Gasteiger partial charge on any atom is -0.349 e. The highest BCUT2D eigenvalue weighted by atomic mass is 19.3. The van der Waals surface area contributed by atoms with Crippen molar-refractivity contribution in [2.75, 3.05) is 19.6 Å². The first-order valence-electron chi connectivity index (χ1n) is 5.43. The Labute approximate surface area is 92.0 Å². The molecule has 1 atom stereocenters. The second kappa shape index (κ2) is 4.45. The van der Waals surface area contributed by atoms with Gasteiger partial charge in [-0.15, -0.1) is 0 Å². The predicted octanol–water partition coefficient (Wildman–Crippen LogP) is 0.0310. The molecule has 90 valence electrons. The van der Waals surface area contributed by atoms with Crippen LogP contribution in [0.5, 0.6) is 0 Å². The molecule has 0 radical (unpaired) electrons. The van der Waals surface area contributed by atoms with Crippen molar-refractivity contribution in [3.8, 4) is 0 Å². The third kappa shape index (κ3) is 2.07. The summed E-state index contributed by atoms with van der Waals surface area (Å²) in [6.45, 7) is 1.66. The Hall–Kier alpha value is -1.04. The number of nitrogens with one attached hydrogen (secondary N) is 1. The molecule has 3 fully saturated rings. The molecule has 1 unspecified atom stereocenters. The second-order valence-corrected chi connectivity index (χ2v) is 4.27. The summed E-state index contributed by atoms with van der Waals surface area (Å²) in [6.07, 6.45) is -1.29. The molecular weight excluding hydrogens is 218 g/mol. The molecule has 1 N–H and O–H groups in total. The van der Waals surface area contributed by atoms with Crippen LogP contribution in [0.15, 0.2) is 0 Å². The second-order valence-electron chi connectivity index (χ2n) is 4.27. The van der Waals surface area contributed by atoms with Crippen molar-refractivity contribution in [2.24, 2.45) is 5.92 Å². The van der Waals surface area contributed by atoms with Crippen LogP contribution in [0.25, 0.3) is 0 Å². The van der Waals surface area contributed by atoms with Crippen LogP contribution in [0, 0.1) is 5.92 Å². The largest absolute Gasteiger partial charge is 0.349 e. The zero-order valence-electron chi connectivity index (χ0n) is 8.79. The summed E-state index contributed by atoms with van der Waals surface area (Å²) in [5.74, 6) is -1.14. The lowest BCUT2D eigenvalue weighted by Gasteiger charge is -2.43. The summed E-state index contributed by atoms with van der Waals surface area (Å²) in [7, 11) is 0. The first-order chi connectivity index (χ1) is 7.59. The molecule has 16 heavy (non-hydrogen) atoms. The van der Waals surface area contributed by atoms with Crippen LogP contribution in [-0.2, 0) is 9.59 Å². The van der Waals surface area contributed by atoms with Crippen LogP contribution < -0.4 is 5.32 Å². The van der Waals surface area contributed by atoms with Gasteiger partial charge in [-0.05, 0) is 25.9 Å². The van der Waals surface area contributed by atoms with E-state index in [-0.39, 0.29) is 18.2 Å². The Morgan fingerprint density at radius 3 is 2.56 bits per heavy atom. The van der Waals surface area contributed by atoms with Crippen LogP contribution in [0.1, 0.15) is 12.8 Å². The van der Waals surface area contributed by atoms with Gasteiger partial charge in [0.1, 0.15) is 0 Å². The Kier molecular flexibility index (Phi) is 3.18. The number of fused-ring (bicyclic) bond motifs is 3. The van der Waals surface area contributed by atoms with Crippen molar-refractivity contribution in [1.82, 2.24) is 10.2 Å². The number of amides is 1. The molecule has 4 nitrogen and oxygen atoms in total. The van der Waals surface area contributed by atoms with Crippen LogP contribution >= 0.6 is 0 Å². The van der Waals surface area contributed by atoms with Gasteiger partial charge in [0.05, 0.1) is 6.04 Å². The highest BCUT2D eigenvalue weighted by Gasteiger charge is 2.40. The lowest BCUT2D eigenvalue weighted by molar-refractivity contribution is -0.138. The maximum absolute atomic E-state index is 12.0. The number of carbonyl (C=O) groups excluding carboxylic acids is 2. The standard InChI is InChI=1S/C10H14F2N2O2/c11-9(12)10(16)13-5-7-8(15)6-1-3-14(7)4-2-6/h6-7,9H,1-5H2,(H,13,16). The number of hydrogen-bond donors (Lipinski definition) is 1. The molecule has 3 saturated heterocycles. The summed E-state index contributed by atoms with van der Waals surface area (Å²) in [4.78, 5) is 24.5. The number of halogens is 2. The zero-order valence-corrected chi connectivity index (χ0v) is 8.79. The quantitative estimate of drug-likeness (QED) is 0.747. The molecule has 0 aromatic rings. The van der Waals surface area contributed by atoms with Crippen molar-refractivity contribution in [3.63, 3.8) is 0 Å². The van der Waals surface area contributed by atoms with Gasteiger partial charge in [-0.2, -0.15) is 8.78 Å². The monoisotopic (exact) mass is 232 g/mol. The van der Waals surface area contributed by atoms with Gasteiger partial charge in [-0.3, -0.25) is 14.5 Å². The Morgan fingerprint density at radius 2 is 2.06 bits per heavy atom. The molecule has 6 heteroatoms. The van der Waals surface area contributed by atoms with E-state index in [1.807, 2.05) is 4.90 Å². The molecule has 0 saturated carbocycles. The Bertz CT molecular complexity index is 301. The third-order valence-corrected chi connectivity index (χ3v) is 3.37. The van der Waals surface area contributed by atoms with E-state index in [4.69, 9.17) is 0 Å². The first-order valence-corrected chi connectivity index (χ1v) is 5.43. The SMILES string of the molecule is O=C(NCC1C(=O)C2CCN1CC2)C(F)F. The molecule has 2 bridgehead atoms. The average Bonchev–Trinajstić information content (AvgIpc) is 2.28. The lowest BCUT2D eigenvalue weighted by Crippen LogP contribution is -2.59. The molecule has 3 rings (SSSR count). The van der Waals surface area contributed by atoms with Gasteiger partial charge in [0.2, 0.25) is 0 Å². The maximum atomic E-state index is 12.0. The van der Waals surface area contributed by atoms with E-state index in [0.717, 1.165) is 25.9 Å². The molecular formula is C10H14F2N2O2. The van der Waals surface area contributed by atoms with Gasteiger partial charge < -0.3 is 5.32 Å². The number of carbonyl (C=O) groups is 2. The normalized spacial score (nSPS) is 33.2. The van der Waals surface area contributed by atoms with Gasteiger partial charge in [-0.1, -0.05) is 0 Å². The van der Waals surface area contributed by atoms with Gasteiger partial charge in [0.15, 0.2) is 5.78 Å². The number of ketones is 1. The predicted molar refractivity (Wildman–Crippen MR) is 52.1 cm³/mol. The molecule has 0 spiro atoms. The molecule has 1 amide bonds. The third-order valence-electron chi connectivity index (χ3n) is 3.37. The zero-order chi connectivity index (χ0) is 11.7. The van der Waals surface area contributed by atoms with Crippen molar-refractivity contribution in [3.05, 3.63) is 0 Å². The molecule has 0 aromatic heterocycles. The summed E-state index contributed by atoms with van der Waals surface area (Å²) < 4.78 is 23.9. The van der Waals surface area contributed by atoms with Gasteiger partial charge in [0, 0.05) is 12.5 Å². The fourth-order valence-electron chi connectivity index (χ4n) is 2.45. The minimum absolute atomic E-state index is 0.0124. The fraction of sp³-hybridized carbons (Fsp3) is 0.800. The van der Waals surface area contributed by atoms with Crippen molar-refractivity contribution < 1.29 is 18.4 Å². The topological polar surface area (TPSA) is 49.4 Å². The van der Waals surface area contributed by atoms with Crippen LogP contribution in [0.4, 0.5) is 8.78 Å². The smallest absolute Gasteiger partial charge is 0.315 e. The summed E-state index contributed by atoms with van der Waals surface area (Å²) in [5, 5.41) is 2.12. The van der Waals surface area contributed by atoms with Crippen LogP contribution in [0.3, 0.4) is 0 Å². The van der Waals surface area contributed by atoms with E-state index in [9.17, 15) is 18.4 Å². The summed E-state index contributed by atoms with van der Waals surface area (Å²) in [5.41, 5.74) is 0. The van der Waals surface area contributed by atoms with E-state index in [1.54, 1.807) is 0 Å². The number of piperidine rings is 3. The molecule has 3 aliphatic rings. The molecule has 0 aliphatic carbocycles. The summed E-state index contributed by atoms with van der Waals surface area (Å²) >= 11 is 0. The average molecular weight is 232 g/mol. The van der Waals surface area contributed by atoms with Crippen LogP contribution in [0.2, 0.25) is 0 Å². The molecule has 0 aromatic carbocycles. The number of alkyl halides is 2. The van der Waals surface area contributed by atoms with E-state index in [1.165, 1.54) is 0 Å². The van der Waals surface area contributed by atoms with E-state index < -0.39 is 18.4 Å². The first kappa shape index (κ1) is 11.4. The fourth-order valence-corrected chi connectivity index (χ4v) is 2.45. The van der Waals surface area contributed by atoms with Crippen molar-refractivity contribution in [2.45, 2.75) is 25.3 Å². The van der Waals surface area contributed by atoms with E-state index >= 15 is 0 Å². The van der Waals surface area contributed by atoms with Gasteiger partial charge >= 0.3 is 6.43 Å². The van der Waals surface area contributed by atoms with E-state index in [0.29, 0.717) is 0 Å². The van der Waals surface area contributed by atoms with Gasteiger partial charge in [0.25, 0.3) is 5.91 Å². The number of hydrogen-bond acceptors (Lipinski definition) is 3. The number of nitrogens with zero attached hydrogens (tertiary/aromatic N) is 1. The van der Waals surface area contributed by atoms with Crippen molar-refractivity contribution in [1.29, 1.82) is 0 Å². The Balaban J connectivity index is 1.90. The van der Waals surface area contributed by atoms with Gasteiger partial charge in [-0.25, -0.2) is 0 Å². The lowest BCUT2D eigenvalue weighted by atomic mass is 9.82. The maximum Gasteiger partial charge on any atom is 0.315 e. The number of rotatable bonds is 3. The highest BCUT2D eigenvalue weighted by molar-refractivity contribution is 5.89. The van der Waals surface area contributed by atoms with E-state index in [2.05, 4.69) is 5.32 Å². The summed E-state index contributed by atoms with van der Waals surface area (Å²) in [6, 6.07) is -0.393. The molecule has 3 aliphatic heterocycles. The van der Waals surface area contributed by atoms with Crippen molar-refractivity contribution >= 4 is 11.7 Å². The van der Waals surface area contributed by atoms with Crippen LogP contribution in [-0.4, -0.2) is 48.7 Å². The number of Topliss-reactive ketones (excluding diaryl/α,β-unsaturated/α-hetero) is 1. The highest BCUT2D eigenvalue weighted by Crippen LogP contribution is 2.28. The molecule has 3 heterocycles. The Morgan fingerprint density at radius 1 is 1.44 bits per heavy atom. The minimum atomic E-state index is -3.01.